The standard InChI is InChI=1S/C21H18ClFN2O6/c1-2-30-17-9-13(8-16-20(28)25(10-18(26)27)21(29)24-16)7-15(22)19(17)31-11-12-4-3-5-14(23)6-12/h3-9H,2,10-11H2,1H3,(H,24,29)(H,26,27)/b16-8+. The lowest BCUT2D eigenvalue weighted by Gasteiger charge is -2.15. The van der Waals surface area contributed by atoms with Crippen molar-refractivity contribution >= 4 is 35.6 Å². The van der Waals surface area contributed by atoms with Crippen LogP contribution >= 0.6 is 11.6 Å². The number of urea groups is 1. The van der Waals surface area contributed by atoms with Crippen molar-refractivity contribution in [3.8, 4) is 11.5 Å². The number of imide groups is 1. The van der Waals surface area contributed by atoms with Crippen LogP contribution in [0.4, 0.5) is 9.18 Å². The minimum Gasteiger partial charge on any atom is -0.490 e. The summed E-state index contributed by atoms with van der Waals surface area (Å²) in [6.45, 7) is 1.37. The highest BCUT2D eigenvalue weighted by molar-refractivity contribution is 6.32. The number of carboxylic acid groups (broad SMARTS) is 1. The SMILES string of the molecule is CCOc1cc(/C=C2/NC(=O)N(CC(=O)O)C2=O)cc(Cl)c1OCc1cccc(F)c1. The van der Waals surface area contributed by atoms with E-state index in [0.717, 1.165) is 0 Å². The Morgan fingerprint density at radius 2 is 2.03 bits per heavy atom. The van der Waals surface area contributed by atoms with Crippen molar-refractivity contribution in [2.24, 2.45) is 0 Å². The fourth-order valence-electron chi connectivity index (χ4n) is 2.87. The van der Waals surface area contributed by atoms with Gasteiger partial charge in [0.05, 0.1) is 11.6 Å². The topological polar surface area (TPSA) is 105 Å². The van der Waals surface area contributed by atoms with Crippen molar-refractivity contribution in [2.45, 2.75) is 13.5 Å². The lowest BCUT2D eigenvalue weighted by molar-refractivity contribution is -0.140. The van der Waals surface area contributed by atoms with Gasteiger partial charge in [-0.05, 0) is 48.4 Å². The molecule has 0 aliphatic carbocycles. The second kappa shape index (κ2) is 9.48. The molecule has 1 fully saturated rings. The minimum absolute atomic E-state index is 0.0523. The van der Waals surface area contributed by atoms with Crippen LogP contribution in [-0.2, 0) is 16.2 Å². The Morgan fingerprint density at radius 1 is 1.26 bits per heavy atom. The summed E-state index contributed by atoms with van der Waals surface area (Å²) in [5, 5.41) is 11.3. The molecule has 2 aromatic rings. The van der Waals surface area contributed by atoms with Gasteiger partial charge in [0.2, 0.25) is 0 Å². The maximum Gasteiger partial charge on any atom is 0.329 e. The molecular formula is C21H18ClFN2O6. The Balaban J connectivity index is 1.86. The van der Waals surface area contributed by atoms with Crippen LogP contribution in [0, 0.1) is 5.82 Å². The van der Waals surface area contributed by atoms with Gasteiger partial charge in [-0.2, -0.15) is 0 Å². The zero-order valence-corrected chi connectivity index (χ0v) is 17.1. The summed E-state index contributed by atoms with van der Waals surface area (Å²) in [7, 11) is 0. The average molecular weight is 449 g/mol. The molecule has 10 heteroatoms. The lowest BCUT2D eigenvalue weighted by atomic mass is 10.1. The lowest BCUT2D eigenvalue weighted by Crippen LogP contribution is -2.35. The van der Waals surface area contributed by atoms with E-state index < -0.39 is 24.5 Å². The number of benzene rings is 2. The summed E-state index contributed by atoms with van der Waals surface area (Å²) in [6.07, 6.45) is 1.35. The fourth-order valence-corrected chi connectivity index (χ4v) is 3.15. The van der Waals surface area contributed by atoms with Gasteiger partial charge in [-0.3, -0.25) is 9.59 Å². The molecule has 8 nitrogen and oxygen atoms in total. The summed E-state index contributed by atoms with van der Waals surface area (Å²) >= 11 is 6.35. The molecule has 3 amide bonds. The molecular weight excluding hydrogens is 431 g/mol. The van der Waals surface area contributed by atoms with Gasteiger partial charge in [-0.25, -0.2) is 14.1 Å². The molecule has 1 saturated heterocycles. The van der Waals surface area contributed by atoms with Gasteiger partial charge in [0.25, 0.3) is 5.91 Å². The van der Waals surface area contributed by atoms with E-state index in [1.165, 1.54) is 24.3 Å². The van der Waals surface area contributed by atoms with E-state index in [4.69, 9.17) is 26.2 Å². The van der Waals surface area contributed by atoms with Gasteiger partial charge in [-0.15, -0.1) is 0 Å². The number of halogens is 2. The number of hydrogen-bond donors (Lipinski definition) is 2. The van der Waals surface area contributed by atoms with E-state index >= 15 is 0 Å². The number of aliphatic carboxylic acids is 1. The number of nitrogens with zero attached hydrogens (tertiary/aromatic N) is 1. The molecule has 1 aliphatic heterocycles. The second-order valence-corrected chi connectivity index (χ2v) is 6.86. The van der Waals surface area contributed by atoms with Crippen molar-refractivity contribution in [1.29, 1.82) is 0 Å². The predicted molar refractivity (Wildman–Crippen MR) is 109 cm³/mol. The number of carbonyl (C=O) groups excluding carboxylic acids is 2. The smallest absolute Gasteiger partial charge is 0.329 e. The van der Waals surface area contributed by atoms with Gasteiger partial charge in [0, 0.05) is 0 Å². The second-order valence-electron chi connectivity index (χ2n) is 6.45. The molecule has 0 spiro atoms. The molecule has 0 radical (unpaired) electrons. The quantitative estimate of drug-likeness (QED) is 0.473. The van der Waals surface area contributed by atoms with E-state index in [2.05, 4.69) is 5.32 Å². The number of nitrogens with one attached hydrogen (secondary N) is 1. The number of carbonyl (C=O) groups is 3. The number of hydrogen-bond acceptors (Lipinski definition) is 5. The first kappa shape index (κ1) is 22.1. The summed E-state index contributed by atoms with van der Waals surface area (Å²) in [6, 6.07) is 8.15. The monoisotopic (exact) mass is 448 g/mol. The van der Waals surface area contributed by atoms with Crippen molar-refractivity contribution < 1.29 is 33.4 Å². The molecule has 1 aliphatic rings. The zero-order chi connectivity index (χ0) is 22.5. The Bertz CT molecular complexity index is 1070. The largest absolute Gasteiger partial charge is 0.490 e. The summed E-state index contributed by atoms with van der Waals surface area (Å²) in [5.74, 6) is -1.94. The van der Waals surface area contributed by atoms with Crippen LogP contribution in [0.5, 0.6) is 11.5 Å². The van der Waals surface area contributed by atoms with Crippen molar-refractivity contribution in [3.63, 3.8) is 0 Å². The third-order valence-electron chi connectivity index (χ3n) is 4.17. The third-order valence-corrected chi connectivity index (χ3v) is 4.45. The van der Waals surface area contributed by atoms with Gasteiger partial charge in [-0.1, -0.05) is 23.7 Å². The first-order valence-corrected chi connectivity index (χ1v) is 9.56. The van der Waals surface area contributed by atoms with Crippen LogP contribution in [0.2, 0.25) is 5.02 Å². The van der Waals surface area contributed by atoms with Gasteiger partial charge in [0.15, 0.2) is 11.5 Å². The molecule has 0 bridgehead atoms. The molecule has 162 valence electrons. The fraction of sp³-hybridized carbons (Fsp3) is 0.190. The van der Waals surface area contributed by atoms with E-state index in [1.807, 2.05) is 0 Å². The molecule has 0 atom stereocenters. The Morgan fingerprint density at radius 3 is 2.71 bits per heavy atom. The molecule has 3 rings (SSSR count). The van der Waals surface area contributed by atoms with Crippen LogP contribution in [-0.4, -0.2) is 41.1 Å². The summed E-state index contributed by atoms with van der Waals surface area (Å²) in [5.41, 5.74) is 0.924. The number of carboxylic acids is 1. The van der Waals surface area contributed by atoms with Crippen molar-refractivity contribution in [3.05, 3.63) is 64.1 Å². The summed E-state index contributed by atoms with van der Waals surface area (Å²) < 4.78 is 24.7. The highest BCUT2D eigenvalue weighted by Crippen LogP contribution is 2.38. The normalized spacial score (nSPS) is 14.7. The van der Waals surface area contributed by atoms with E-state index in [0.29, 0.717) is 22.6 Å². The van der Waals surface area contributed by atoms with E-state index in [9.17, 15) is 18.8 Å². The first-order valence-electron chi connectivity index (χ1n) is 9.18. The zero-order valence-electron chi connectivity index (χ0n) is 16.4. The Kier molecular flexibility index (Phi) is 6.76. The number of amides is 3. The van der Waals surface area contributed by atoms with Crippen LogP contribution in [0.25, 0.3) is 6.08 Å². The van der Waals surface area contributed by atoms with Crippen LogP contribution in [0.3, 0.4) is 0 Å². The van der Waals surface area contributed by atoms with Gasteiger partial charge < -0.3 is 19.9 Å². The maximum atomic E-state index is 13.4. The van der Waals surface area contributed by atoms with Crippen LogP contribution in [0.15, 0.2) is 42.1 Å². The van der Waals surface area contributed by atoms with Crippen molar-refractivity contribution in [1.82, 2.24) is 10.2 Å². The summed E-state index contributed by atoms with van der Waals surface area (Å²) in [4.78, 5) is 35.6. The highest BCUT2D eigenvalue weighted by atomic mass is 35.5. The van der Waals surface area contributed by atoms with Crippen LogP contribution in [0.1, 0.15) is 18.1 Å². The van der Waals surface area contributed by atoms with E-state index in [-0.39, 0.29) is 34.6 Å². The number of rotatable bonds is 8. The maximum absolute atomic E-state index is 13.4. The van der Waals surface area contributed by atoms with Crippen molar-refractivity contribution in [2.75, 3.05) is 13.2 Å². The highest BCUT2D eigenvalue weighted by Gasteiger charge is 2.34. The third kappa shape index (κ3) is 5.32. The van der Waals surface area contributed by atoms with E-state index in [1.54, 1.807) is 25.1 Å². The minimum atomic E-state index is -1.31. The first-order chi connectivity index (χ1) is 14.8. The van der Waals surface area contributed by atoms with Gasteiger partial charge in [0.1, 0.15) is 24.7 Å². The molecule has 1 heterocycles. The molecule has 2 aromatic carbocycles. The molecule has 0 unspecified atom stereocenters. The van der Waals surface area contributed by atoms with Gasteiger partial charge >= 0.3 is 12.0 Å². The molecule has 0 saturated carbocycles. The Hall–Kier alpha value is -3.59. The Labute approximate surface area is 181 Å². The molecule has 0 aromatic heterocycles. The van der Waals surface area contributed by atoms with Crippen LogP contribution < -0.4 is 14.8 Å². The molecule has 2 N–H and O–H groups in total. The predicted octanol–water partition coefficient (Wildman–Crippen LogP) is 3.43. The molecule has 31 heavy (non-hydrogen) atoms. The average Bonchev–Trinajstić information content (AvgIpc) is 2.94. The number of ether oxygens (including phenoxy) is 2.